The van der Waals surface area contributed by atoms with E-state index in [-0.39, 0.29) is 0 Å². The Kier molecular flexibility index (Phi) is 2.21. The summed E-state index contributed by atoms with van der Waals surface area (Å²) in [6.45, 7) is 0. The summed E-state index contributed by atoms with van der Waals surface area (Å²) in [5.41, 5.74) is 10.8. The Hall–Kier alpha value is -1.76. The van der Waals surface area contributed by atoms with E-state index in [0.29, 0.717) is 5.41 Å². The molecule has 2 bridgehead atoms. The third-order valence-corrected chi connectivity index (χ3v) is 6.30. The maximum atomic E-state index is 6.18. The lowest BCUT2D eigenvalue weighted by Crippen LogP contribution is -2.32. The molecule has 1 saturated carbocycles. The highest BCUT2D eigenvalue weighted by Gasteiger charge is 2.49. The summed E-state index contributed by atoms with van der Waals surface area (Å²) in [7, 11) is 0. The number of nitrogens with two attached hydrogens (primary N) is 1. The zero-order valence-electron chi connectivity index (χ0n) is 12.3. The van der Waals surface area contributed by atoms with Gasteiger partial charge in [0, 0.05) is 11.1 Å². The minimum atomic E-state index is 0.559. The van der Waals surface area contributed by atoms with Crippen LogP contribution in [0.5, 0.6) is 0 Å². The maximum absolute atomic E-state index is 6.18. The predicted molar refractivity (Wildman–Crippen MR) is 88.2 cm³/mol. The average molecular weight is 275 g/mol. The molecule has 0 heterocycles. The van der Waals surface area contributed by atoms with Gasteiger partial charge in [-0.1, -0.05) is 30.4 Å². The summed E-state index contributed by atoms with van der Waals surface area (Å²) >= 11 is 0. The van der Waals surface area contributed by atoms with E-state index in [0.717, 1.165) is 17.5 Å². The van der Waals surface area contributed by atoms with Gasteiger partial charge in [0.05, 0.1) is 0 Å². The van der Waals surface area contributed by atoms with Crippen LogP contribution < -0.4 is 5.73 Å². The molecular formula is C20H21N. The highest BCUT2D eigenvalue weighted by Crippen LogP contribution is 2.57. The summed E-state index contributed by atoms with van der Waals surface area (Å²) in [5, 5.41) is 2.55. The van der Waals surface area contributed by atoms with Gasteiger partial charge in [0.25, 0.3) is 0 Å². The third-order valence-electron chi connectivity index (χ3n) is 6.30. The van der Waals surface area contributed by atoms with E-state index in [1.807, 2.05) is 6.07 Å². The average Bonchev–Trinajstić information content (AvgIpc) is 3.07. The second kappa shape index (κ2) is 3.91. The van der Waals surface area contributed by atoms with Crippen LogP contribution in [-0.2, 0) is 12.8 Å². The monoisotopic (exact) mass is 275 g/mol. The van der Waals surface area contributed by atoms with E-state index >= 15 is 0 Å². The first kappa shape index (κ1) is 11.9. The van der Waals surface area contributed by atoms with Gasteiger partial charge in [0.1, 0.15) is 0 Å². The van der Waals surface area contributed by atoms with Crippen molar-refractivity contribution in [1.29, 1.82) is 0 Å². The molecule has 0 radical (unpaired) electrons. The van der Waals surface area contributed by atoms with E-state index in [4.69, 9.17) is 5.73 Å². The summed E-state index contributed by atoms with van der Waals surface area (Å²) in [4.78, 5) is 0. The van der Waals surface area contributed by atoms with E-state index in [1.165, 1.54) is 42.9 Å². The van der Waals surface area contributed by atoms with Gasteiger partial charge < -0.3 is 5.73 Å². The van der Waals surface area contributed by atoms with Gasteiger partial charge >= 0.3 is 0 Å². The molecule has 3 unspecified atom stereocenters. The molecule has 5 rings (SSSR count). The molecule has 0 saturated heterocycles. The zero-order valence-corrected chi connectivity index (χ0v) is 12.3. The van der Waals surface area contributed by atoms with E-state index in [9.17, 15) is 0 Å². The minimum absolute atomic E-state index is 0.559. The molecule has 0 amide bonds. The van der Waals surface area contributed by atoms with Crippen LogP contribution in [-0.4, -0.2) is 0 Å². The molecule has 3 aliphatic rings. The highest BCUT2D eigenvalue weighted by molar-refractivity contribution is 5.94. The van der Waals surface area contributed by atoms with Crippen LogP contribution >= 0.6 is 0 Å². The first-order valence-corrected chi connectivity index (χ1v) is 8.22. The van der Waals surface area contributed by atoms with Gasteiger partial charge in [-0.3, -0.25) is 0 Å². The normalized spacial score (nSPS) is 33.0. The molecule has 2 N–H and O–H groups in total. The third kappa shape index (κ3) is 1.58. The Morgan fingerprint density at radius 1 is 1.10 bits per heavy atom. The lowest BCUT2D eigenvalue weighted by Gasteiger charge is -2.40. The summed E-state index contributed by atoms with van der Waals surface area (Å²) < 4.78 is 0. The van der Waals surface area contributed by atoms with Crippen molar-refractivity contribution < 1.29 is 0 Å². The van der Waals surface area contributed by atoms with Gasteiger partial charge in [0.15, 0.2) is 0 Å². The Labute approximate surface area is 125 Å². The molecule has 1 heteroatoms. The molecule has 1 spiro atoms. The number of nitrogen functional groups attached to an aromatic ring is 1. The molecule has 106 valence electrons. The number of hydrogen-bond acceptors (Lipinski definition) is 1. The highest BCUT2D eigenvalue weighted by atomic mass is 14.6. The fourth-order valence-electron chi connectivity index (χ4n) is 5.23. The number of aryl methyl sites for hydroxylation is 1. The number of benzene rings is 2. The Bertz CT molecular complexity index is 773. The predicted octanol–water partition coefficient (Wildman–Crippen LogP) is 4.49. The molecule has 2 aromatic rings. The van der Waals surface area contributed by atoms with E-state index in [2.05, 4.69) is 36.4 Å². The lowest BCUT2D eigenvalue weighted by molar-refractivity contribution is 0.195. The summed E-state index contributed by atoms with van der Waals surface area (Å²) in [6.07, 6.45) is 11.7. The number of hydrogen-bond donors (Lipinski definition) is 1. The molecular weight excluding hydrogens is 254 g/mol. The van der Waals surface area contributed by atoms with Crippen LogP contribution in [0.1, 0.15) is 30.4 Å². The molecule has 3 aliphatic carbocycles. The van der Waals surface area contributed by atoms with Crippen LogP contribution in [0, 0.1) is 17.3 Å². The van der Waals surface area contributed by atoms with Gasteiger partial charge in [-0.2, -0.15) is 0 Å². The van der Waals surface area contributed by atoms with Crippen molar-refractivity contribution >= 4 is 16.5 Å². The van der Waals surface area contributed by atoms with Crippen molar-refractivity contribution in [2.45, 2.75) is 32.1 Å². The van der Waals surface area contributed by atoms with Crippen LogP contribution in [0.25, 0.3) is 10.8 Å². The van der Waals surface area contributed by atoms with Gasteiger partial charge in [0.2, 0.25) is 0 Å². The van der Waals surface area contributed by atoms with Crippen molar-refractivity contribution in [3.8, 4) is 0 Å². The molecule has 2 aromatic carbocycles. The van der Waals surface area contributed by atoms with Crippen molar-refractivity contribution in [2.75, 3.05) is 5.73 Å². The van der Waals surface area contributed by atoms with Gasteiger partial charge in [-0.25, -0.2) is 0 Å². The smallest absolute Gasteiger partial charge is 0.0393 e. The van der Waals surface area contributed by atoms with Gasteiger partial charge in [-0.05, 0) is 78.0 Å². The molecule has 0 aromatic heterocycles. The summed E-state index contributed by atoms with van der Waals surface area (Å²) in [6, 6.07) is 11.0. The molecule has 1 fully saturated rings. The minimum Gasteiger partial charge on any atom is -0.398 e. The fourth-order valence-corrected chi connectivity index (χ4v) is 5.23. The zero-order chi connectivity index (χ0) is 14.0. The first-order valence-electron chi connectivity index (χ1n) is 8.22. The van der Waals surface area contributed by atoms with Crippen LogP contribution in [0.15, 0.2) is 42.5 Å². The van der Waals surface area contributed by atoms with Crippen LogP contribution in [0.4, 0.5) is 5.69 Å². The largest absolute Gasteiger partial charge is 0.398 e. The molecule has 0 aliphatic heterocycles. The molecule has 1 nitrogen and oxygen atoms in total. The number of anilines is 1. The number of allylic oxidation sites excluding steroid dienone is 2. The molecule has 3 atom stereocenters. The fraction of sp³-hybridized carbons (Fsp3) is 0.400. The van der Waals surface area contributed by atoms with Crippen molar-refractivity contribution in [3.63, 3.8) is 0 Å². The van der Waals surface area contributed by atoms with Gasteiger partial charge in [-0.15, -0.1) is 0 Å². The van der Waals surface area contributed by atoms with Crippen LogP contribution in [0.3, 0.4) is 0 Å². The number of fused-ring (bicyclic) bond motifs is 5. The van der Waals surface area contributed by atoms with E-state index in [1.54, 1.807) is 11.1 Å². The second-order valence-electron chi connectivity index (χ2n) is 7.42. The topological polar surface area (TPSA) is 26.0 Å². The van der Waals surface area contributed by atoms with Crippen molar-refractivity contribution in [3.05, 3.63) is 53.6 Å². The quantitative estimate of drug-likeness (QED) is 0.556. The Morgan fingerprint density at radius 3 is 2.86 bits per heavy atom. The van der Waals surface area contributed by atoms with Crippen molar-refractivity contribution in [2.24, 2.45) is 17.3 Å². The van der Waals surface area contributed by atoms with E-state index < -0.39 is 0 Å². The SMILES string of the molecule is Nc1cccc2cc3c(cc12)CC1(CC3)CC2C=CC1C2. The Morgan fingerprint density at radius 2 is 2.05 bits per heavy atom. The molecule has 21 heavy (non-hydrogen) atoms. The summed E-state index contributed by atoms with van der Waals surface area (Å²) in [5.74, 6) is 1.70. The lowest BCUT2D eigenvalue weighted by atomic mass is 9.64. The first-order chi connectivity index (χ1) is 10.2. The maximum Gasteiger partial charge on any atom is 0.0393 e. The van der Waals surface area contributed by atoms with Crippen LogP contribution in [0.2, 0.25) is 0 Å². The second-order valence-corrected chi connectivity index (χ2v) is 7.42. The standard InChI is InChI=1S/C20H21N/c21-19-3-1-2-15-9-14-6-7-20(12-16(14)10-18(15)19)11-13-4-5-17(20)8-13/h1-5,9-10,13,17H,6-8,11-12,21H2. The Balaban J connectivity index is 1.63. The number of rotatable bonds is 0. The van der Waals surface area contributed by atoms with Crippen molar-refractivity contribution in [1.82, 2.24) is 0 Å².